The molecule has 1 rings (SSSR count). The van der Waals surface area contributed by atoms with Crippen molar-refractivity contribution in [3.63, 3.8) is 0 Å². The number of hydrogen-bond donors (Lipinski definition) is 1. The Balaban J connectivity index is 2.84. The number of esters is 2. The first-order valence-electron chi connectivity index (χ1n) is 6.61. The highest BCUT2D eigenvalue weighted by atomic mass is 16.5. The molecule has 112 valence electrons. The van der Waals surface area contributed by atoms with Gasteiger partial charge in [-0.2, -0.15) is 0 Å². The Labute approximate surface area is 119 Å². The zero-order valence-corrected chi connectivity index (χ0v) is 12.3. The van der Waals surface area contributed by atoms with Crippen LogP contribution in [0.15, 0.2) is 24.3 Å². The lowest BCUT2D eigenvalue weighted by molar-refractivity contribution is -0.162. The van der Waals surface area contributed by atoms with Gasteiger partial charge in [-0.15, -0.1) is 0 Å². The van der Waals surface area contributed by atoms with Crippen LogP contribution in [0.2, 0.25) is 0 Å². The molecule has 20 heavy (non-hydrogen) atoms. The molecule has 3 atom stereocenters. The van der Waals surface area contributed by atoms with Crippen molar-refractivity contribution in [2.75, 3.05) is 14.2 Å². The fourth-order valence-electron chi connectivity index (χ4n) is 2.58. The van der Waals surface area contributed by atoms with Gasteiger partial charge in [-0.1, -0.05) is 31.2 Å². The zero-order chi connectivity index (χ0) is 15.3. The summed E-state index contributed by atoms with van der Waals surface area (Å²) in [7, 11) is 2.50. The lowest BCUT2D eigenvalue weighted by atomic mass is 10.0. The number of carbonyl (C=O) groups excluding carboxylic acids is 2. The summed E-state index contributed by atoms with van der Waals surface area (Å²) in [5.41, 5.74) is -1.26. The van der Waals surface area contributed by atoms with Crippen LogP contribution in [0.5, 0.6) is 0 Å². The van der Waals surface area contributed by atoms with E-state index in [0.717, 1.165) is 0 Å². The van der Waals surface area contributed by atoms with Gasteiger partial charge in [-0.25, -0.2) is 0 Å². The molecule has 0 spiro atoms. The van der Waals surface area contributed by atoms with E-state index in [1.807, 2.05) is 19.1 Å². The average molecular weight is 282 g/mol. The molecule has 0 heterocycles. The number of allylic oxidation sites excluding steroid dienone is 2. The number of aliphatic hydroxyl groups is 1. The number of rotatable bonds is 6. The predicted molar refractivity (Wildman–Crippen MR) is 73.7 cm³/mol. The van der Waals surface area contributed by atoms with Crippen LogP contribution in [-0.2, 0) is 19.1 Å². The average Bonchev–Trinajstić information content (AvgIpc) is 3.06. The molecular formula is C15H22O5. The van der Waals surface area contributed by atoms with E-state index in [9.17, 15) is 14.7 Å². The summed E-state index contributed by atoms with van der Waals surface area (Å²) in [6, 6.07) is 0. The monoisotopic (exact) mass is 282 g/mol. The van der Waals surface area contributed by atoms with Crippen LogP contribution in [0.25, 0.3) is 0 Å². The molecule has 0 aromatic rings. The highest BCUT2D eigenvalue weighted by molar-refractivity contribution is 6.04. The van der Waals surface area contributed by atoms with Crippen LogP contribution < -0.4 is 0 Å². The summed E-state index contributed by atoms with van der Waals surface area (Å²) in [5.74, 6) is -1.68. The minimum Gasteiger partial charge on any atom is -0.468 e. The van der Waals surface area contributed by atoms with Gasteiger partial charge in [0.15, 0.2) is 5.41 Å². The molecule has 0 aromatic heterocycles. The smallest absolute Gasteiger partial charge is 0.324 e. The van der Waals surface area contributed by atoms with E-state index in [-0.39, 0.29) is 11.8 Å². The lowest BCUT2D eigenvalue weighted by Crippen LogP contribution is -2.31. The van der Waals surface area contributed by atoms with Crippen LogP contribution >= 0.6 is 0 Å². The third-order valence-electron chi connectivity index (χ3n) is 3.87. The summed E-state index contributed by atoms with van der Waals surface area (Å²) >= 11 is 0. The van der Waals surface area contributed by atoms with Crippen LogP contribution in [0.4, 0.5) is 0 Å². The summed E-state index contributed by atoms with van der Waals surface area (Å²) < 4.78 is 9.45. The summed E-state index contributed by atoms with van der Waals surface area (Å²) in [6.45, 7) is 3.67. The molecule has 0 radical (unpaired) electrons. The maximum absolute atomic E-state index is 11.9. The van der Waals surface area contributed by atoms with Crippen molar-refractivity contribution < 1.29 is 24.2 Å². The summed E-state index contributed by atoms with van der Waals surface area (Å²) in [4.78, 5) is 23.8. The largest absolute Gasteiger partial charge is 0.468 e. The Morgan fingerprint density at radius 3 is 2.30 bits per heavy atom. The molecule has 1 N–H and O–H groups in total. The van der Waals surface area contributed by atoms with Crippen LogP contribution in [0.1, 0.15) is 20.3 Å². The molecule has 1 aliphatic rings. The maximum Gasteiger partial charge on any atom is 0.324 e. The summed E-state index contributed by atoms with van der Waals surface area (Å²) in [5, 5.41) is 9.73. The van der Waals surface area contributed by atoms with E-state index in [4.69, 9.17) is 9.47 Å². The molecule has 1 unspecified atom stereocenters. The quantitative estimate of drug-likeness (QED) is 0.454. The highest BCUT2D eigenvalue weighted by Crippen LogP contribution is 2.60. The first-order chi connectivity index (χ1) is 9.46. The molecule has 1 saturated carbocycles. The summed E-state index contributed by atoms with van der Waals surface area (Å²) in [6.07, 6.45) is 6.87. The predicted octanol–water partition coefficient (Wildman–Crippen LogP) is 1.47. The van der Waals surface area contributed by atoms with E-state index >= 15 is 0 Å². The minimum absolute atomic E-state index is 0.201. The third-order valence-corrected chi connectivity index (χ3v) is 3.87. The van der Waals surface area contributed by atoms with Crippen LogP contribution in [0, 0.1) is 17.3 Å². The van der Waals surface area contributed by atoms with Crippen LogP contribution in [0.3, 0.4) is 0 Å². The first-order valence-corrected chi connectivity index (χ1v) is 6.61. The second-order valence-corrected chi connectivity index (χ2v) is 4.92. The van der Waals surface area contributed by atoms with Crippen molar-refractivity contribution in [2.24, 2.45) is 17.3 Å². The van der Waals surface area contributed by atoms with Crippen molar-refractivity contribution in [3.05, 3.63) is 24.3 Å². The van der Waals surface area contributed by atoms with Crippen LogP contribution in [-0.4, -0.2) is 37.4 Å². The van der Waals surface area contributed by atoms with Crippen molar-refractivity contribution in [1.29, 1.82) is 0 Å². The third kappa shape index (κ3) is 2.77. The fourth-order valence-corrected chi connectivity index (χ4v) is 2.58. The van der Waals surface area contributed by atoms with Gasteiger partial charge in [-0.05, 0) is 19.3 Å². The highest BCUT2D eigenvalue weighted by Gasteiger charge is 2.73. The van der Waals surface area contributed by atoms with Crippen molar-refractivity contribution in [1.82, 2.24) is 0 Å². The second-order valence-electron chi connectivity index (χ2n) is 4.92. The Bertz CT molecular complexity index is 408. The van der Waals surface area contributed by atoms with Gasteiger partial charge in [0, 0.05) is 5.92 Å². The Morgan fingerprint density at radius 2 is 1.85 bits per heavy atom. The number of methoxy groups -OCH3 is 2. The van der Waals surface area contributed by atoms with Crippen molar-refractivity contribution >= 4 is 11.9 Å². The van der Waals surface area contributed by atoms with Gasteiger partial charge >= 0.3 is 11.9 Å². The Kier molecular flexibility index (Phi) is 5.51. The standard InChI is InChI=1S/C15H22O5/c1-5-6-7-11(16)8-9-12-10(2)15(12,13(17)19-3)14(18)20-4/h5-6,8-12,16H,7H2,1-4H3/t10-,11?,12-/m1/s1. The van der Waals surface area contributed by atoms with Gasteiger partial charge in [-0.3, -0.25) is 9.59 Å². The zero-order valence-electron chi connectivity index (χ0n) is 12.3. The fraction of sp³-hybridized carbons (Fsp3) is 0.600. The molecule has 0 saturated heterocycles. The van der Waals surface area contributed by atoms with E-state index in [2.05, 4.69) is 0 Å². The molecule has 0 aliphatic heterocycles. The van der Waals surface area contributed by atoms with Gasteiger partial charge < -0.3 is 14.6 Å². The second kappa shape index (κ2) is 6.70. The first kappa shape index (κ1) is 16.4. The minimum atomic E-state index is -1.26. The van der Waals surface area contributed by atoms with E-state index in [0.29, 0.717) is 6.42 Å². The Hall–Kier alpha value is -1.62. The van der Waals surface area contributed by atoms with Crippen molar-refractivity contribution in [2.45, 2.75) is 26.4 Å². The molecule has 5 nitrogen and oxygen atoms in total. The van der Waals surface area contributed by atoms with E-state index in [1.165, 1.54) is 14.2 Å². The van der Waals surface area contributed by atoms with Gasteiger partial charge in [0.25, 0.3) is 0 Å². The van der Waals surface area contributed by atoms with E-state index < -0.39 is 23.5 Å². The molecule has 0 amide bonds. The number of aliphatic hydroxyl groups excluding tert-OH is 1. The molecule has 0 bridgehead atoms. The molecule has 0 aromatic carbocycles. The maximum atomic E-state index is 11.9. The molecular weight excluding hydrogens is 260 g/mol. The molecule has 5 heteroatoms. The number of hydrogen-bond acceptors (Lipinski definition) is 5. The molecule has 1 fully saturated rings. The van der Waals surface area contributed by atoms with Crippen molar-refractivity contribution in [3.8, 4) is 0 Å². The number of ether oxygens (including phenoxy) is 2. The normalized spacial score (nSPS) is 25.6. The topological polar surface area (TPSA) is 72.8 Å². The van der Waals surface area contributed by atoms with Gasteiger partial charge in [0.1, 0.15) is 0 Å². The lowest BCUT2D eigenvalue weighted by Gasteiger charge is -2.11. The van der Waals surface area contributed by atoms with E-state index in [1.54, 1.807) is 19.1 Å². The number of carbonyl (C=O) groups is 2. The SMILES string of the molecule is CC=CCC(O)C=C[C@@H]1[C@@H](C)C1(C(=O)OC)C(=O)OC. The van der Waals surface area contributed by atoms with Gasteiger partial charge in [0.05, 0.1) is 20.3 Å². The Morgan fingerprint density at radius 1 is 1.30 bits per heavy atom. The molecule has 1 aliphatic carbocycles. The van der Waals surface area contributed by atoms with Gasteiger partial charge in [0.2, 0.25) is 0 Å².